The maximum atomic E-state index is 12.4. The highest BCUT2D eigenvalue weighted by atomic mass is 16.5. The first-order valence-corrected chi connectivity index (χ1v) is 8.62. The van der Waals surface area contributed by atoms with E-state index < -0.39 is 11.8 Å². The molecule has 25 heavy (non-hydrogen) atoms. The van der Waals surface area contributed by atoms with Gasteiger partial charge in [-0.25, -0.2) is 0 Å². The van der Waals surface area contributed by atoms with Crippen LogP contribution < -0.4 is 10.1 Å². The van der Waals surface area contributed by atoms with E-state index in [0.29, 0.717) is 30.9 Å². The number of hydrogen-bond acceptors (Lipinski definition) is 4. The van der Waals surface area contributed by atoms with E-state index in [9.17, 15) is 14.4 Å². The molecule has 3 rings (SSSR count). The summed E-state index contributed by atoms with van der Waals surface area (Å²) >= 11 is 0. The molecule has 2 aliphatic rings. The standard InChI is InChI=1S/C18H23N3O4/c1-25-15-5-2-4-13(12-15)19-17(23)18(24)20-10-7-14(8-11-20)21-9-3-6-16(21)22/h2,4-5,12,14H,3,6-11H2,1H3,(H,19,23). The predicted molar refractivity (Wildman–Crippen MR) is 92.2 cm³/mol. The fraction of sp³-hybridized carbons (Fsp3) is 0.500. The van der Waals surface area contributed by atoms with Crippen molar-refractivity contribution in [1.29, 1.82) is 0 Å². The second kappa shape index (κ2) is 7.55. The summed E-state index contributed by atoms with van der Waals surface area (Å²) < 4.78 is 5.10. The Balaban J connectivity index is 1.53. The van der Waals surface area contributed by atoms with Crippen molar-refractivity contribution >= 4 is 23.4 Å². The number of methoxy groups -OCH3 is 1. The van der Waals surface area contributed by atoms with E-state index in [1.807, 2.05) is 4.90 Å². The summed E-state index contributed by atoms with van der Waals surface area (Å²) in [6, 6.07) is 7.08. The Kier molecular flexibility index (Phi) is 5.21. The highest BCUT2D eigenvalue weighted by molar-refractivity contribution is 6.39. The second-order valence-electron chi connectivity index (χ2n) is 6.40. The van der Waals surface area contributed by atoms with Crippen molar-refractivity contribution in [3.8, 4) is 5.75 Å². The summed E-state index contributed by atoms with van der Waals surface area (Å²) in [6.07, 6.45) is 3.00. The molecular formula is C18H23N3O4. The van der Waals surface area contributed by atoms with Crippen molar-refractivity contribution in [1.82, 2.24) is 9.80 Å². The zero-order valence-electron chi connectivity index (χ0n) is 14.4. The van der Waals surface area contributed by atoms with E-state index >= 15 is 0 Å². The van der Waals surface area contributed by atoms with Gasteiger partial charge < -0.3 is 19.9 Å². The van der Waals surface area contributed by atoms with Crippen molar-refractivity contribution in [3.05, 3.63) is 24.3 Å². The van der Waals surface area contributed by atoms with Crippen LogP contribution in [0.5, 0.6) is 5.75 Å². The molecule has 0 radical (unpaired) electrons. The van der Waals surface area contributed by atoms with E-state index in [4.69, 9.17) is 4.74 Å². The molecule has 1 aromatic carbocycles. The van der Waals surface area contributed by atoms with Crippen LogP contribution in [0.25, 0.3) is 0 Å². The van der Waals surface area contributed by atoms with Crippen molar-refractivity contribution < 1.29 is 19.1 Å². The van der Waals surface area contributed by atoms with E-state index in [2.05, 4.69) is 5.32 Å². The SMILES string of the molecule is COc1cccc(NC(=O)C(=O)N2CCC(N3CCCC3=O)CC2)c1. The molecule has 7 nitrogen and oxygen atoms in total. The highest BCUT2D eigenvalue weighted by Crippen LogP contribution is 2.22. The summed E-state index contributed by atoms with van der Waals surface area (Å²) in [5.74, 6) is -0.361. The molecule has 0 spiro atoms. The zero-order valence-corrected chi connectivity index (χ0v) is 14.4. The molecule has 0 unspecified atom stereocenters. The third kappa shape index (κ3) is 3.92. The Morgan fingerprint density at radius 1 is 1.20 bits per heavy atom. The van der Waals surface area contributed by atoms with E-state index in [1.54, 1.807) is 36.3 Å². The normalized spacial score (nSPS) is 18.4. The maximum absolute atomic E-state index is 12.4. The Hall–Kier alpha value is -2.57. The van der Waals surface area contributed by atoms with Gasteiger partial charge in [-0.2, -0.15) is 0 Å². The van der Waals surface area contributed by atoms with Crippen LogP contribution in [0, 0.1) is 0 Å². The van der Waals surface area contributed by atoms with Crippen LogP contribution in [0.2, 0.25) is 0 Å². The van der Waals surface area contributed by atoms with Gasteiger partial charge in [-0.15, -0.1) is 0 Å². The number of piperidine rings is 1. The van der Waals surface area contributed by atoms with Crippen molar-refractivity contribution in [2.45, 2.75) is 31.7 Å². The molecule has 2 saturated heterocycles. The number of anilines is 1. The Labute approximate surface area is 146 Å². The van der Waals surface area contributed by atoms with Gasteiger partial charge in [0, 0.05) is 43.9 Å². The lowest BCUT2D eigenvalue weighted by molar-refractivity contribution is -0.144. The second-order valence-corrected chi connectivity index (χ2v) is 6.40. The zero-order chi connectivity index (χ0) is 17.8. The van der Waals surface area contributed by atoms with Crippen molar-refractivity contribution in [2.75, 3.05) is 32.1 Å². The van der Waals surface area contributed by atoms with Crippen molar-refractivity contribution in [2.24, 2.45) is 0 Å². The molecule has 7 heteroatoms. The lowest BCUT2D eigenvalue weighted by atomic mass is 10.0. The number of nitrogens with zero attached hydrogens (tertiary/aromatic N) is 2. The van der Waals surface area contributed by atoms with Crippen LogP contribution in [0.4, 0.5) is 5.69 Å². The van der Waals surface area contributed by atoms with Gasteiger partial charge in [-0.1, -0.05) is 6.07 Å². The van der Waals surface area contributed by atoms with Gasteiger partial charge in [-0.05, 0) is 31.4 Å². The number of carbonyl (C=O) groups excluding carboxylic acids is 3. The molecular weight excluding hydrogens is 322 g/mol. The number of carbonyl (C=O) groups is 3. The molecule has 2 aliphatic heterocycles. The molecule has 0 atom stereocenters. The molecule has 0 aliphatic carbocycles. The fourth-order valence-electron chi connectivity index (χ4n) is 3.46. The number of nitrogens with one attached hydrogen (secondary N) is 1. The maximum Gasteiger partial charge on any atom is 0.313 e. The van der Waals surface area contributed by atoms with Crippen LogP contribution in [-0.2, 0) is 14.4 Å². The number of rotatable bonds is 3. The third-order valence-corrected chi connectivity index (χ3v) is 4.82. The van der Waals surface area contributed by atoms with Crippen LogP contribution in [0.1, 0.15) is 25.7 Å². The number of ether oxygens (including phenoxy) is 1. The minimum atomic E-state index is -0.649. The Morgan fingerprint density at radius 3 is 2.60 bits per heavy atom. The quantitative estimate of drug-likeness (QED) is 0.836. The minimum absolute atomic E-state index is 0.195. The van der Waals surface area contributed by atoms with Crippen LogP contribution >= 0.6 is 0 Å². The van der Waals surface area contributed by atoms with Gasteiger partial charge in [-0.3, -0.25) is 14.4 Å². The molecule has 134 valence electrons. The topological polar surface area (TPSA) is 79.0 Å². The molecule has 2 heterocycles. The van der Waals surface area contributed by atoms with Crippen LogP contribution in [-0.4, -0.2) is 60.3 Å². The predicted octanol–water partition coefficient (Wildman–Crippen LogP) is 1.25. The van der Waals surface area contributed by atoms with Gasteiger partial charge >= 0.3 is 11.8 Å². The van der Waals surface area contributed by atoms with E-state index in [1.165, 1.54) is 0 Å². The summed E-state index contributed by atoms with van der Waals surface area (Å²) in [5.41, 5.74) is 0.523. The third-order valence-electron chi connectivity index (χ3n) is 4.82. The molecule has 2 fully saturated rings. The average Bonchev–Trinajstić information content (AvgIpc) is 3.07. The lowest BCUT2D eigenvalue weighted by Crippen LogP contribution is -2.49. The average molecular weight is 345 g/mol. The Bertz CT molecular complexity index is 668. The first-order valence-electron chi connectivity index (χ1n) is 8.62. The number of hydrogen-bond donors (Lipinski definition) is 1. The summed E-state index contributed by atoms with van der Waals surface area (Å²) in [5, 5.41) is 2.61. The van der Waals surface area contributed by atoms with Crippen molar-refractivity contribution in [3.63, 3.8) is 0 Å². The van der Waals surface area contributed by atoms with Gasteiger partial charge in [0.05, 0.1) is 7.11 Å². The monoisotopic (exact) mass is 345 g/mol. The molecule has 1 aromatic rings. The van der Waals surface area contributed by atoms with Crippen LogP contribution in [0.15, 0.2) is 24.3 Å². The summed E-state index contributed by atoms with van der Waals surface area (Å²) in [4.78, 5) is 39.9. The fourth-order valence-corrected chi connectivity index (χ4v) is 3.46. The van der Waals surface area contributed by atoms with Crippen LogP contribution in [0.3, 0.4) is 0 Å². The molecule has 0 bridgehead atoms. The van der Waals surface area contributed by atoms with Gasteiger partial charge in [0.2, 0.25) is 5.91 Å². The molecule has 1 N–H and O–H groups in total. The van der Waals surface area contributed by atoms with Gasteiger partial charge in [0.1, 0.15) is 5.75 Å². The lowest BCUT2D eigenvalue weighted by Gasteiger charge is -2.36. The summed E-state index contributed by atoms with van der Waals surface area (Å²) in [7, 11) is 1.54. The molecule has 0 saturated carbocycles. The van der Waals surface area contributed by atoms with E-state index in [-0.39, 0.29) is 11.9 Å². The Morgan fingerprint density at radius 2 is 1.96 bits per heavy atom. The minimum Gasteiger partial charge on any atom is -0.497 e. The largest absolute Gasteiger partial charge is 0.497 e. The van der Waals surface area contributed by atoms with Gasteiger partial charge in [0.25, 0.3) is 0 Å². The number of benzene rings is 1. The van der Waals surface area contributed by atoms with Gasteiger partial charge in [0.15, 0.2) is 0 Å². The smallest absolute Gasteiger partial charge is 0.313 e. The highest BCUT2D eigenvalue weighted by Gasteiger charge is 2.33. The summed E-state index contributed by atoms with van der Waals surface area (Å²) in [6.45, 7) is 1.81. The first kappa shape index (κ1) is 17.3. The molecule has 0 aromatic heterocycles. The first-order chi connectivity index (χ1) is 12.1. The molecule has 3 amide bonds. The number of amides is 3. The number of likely N-dealkylation sites (tertiary alicyclic amines) is 2. The van der Waals surface area contributed by atoms with E-state index in [0.717, 1.165) is 25.8 Å².